The molecule has 26 heavy (non-hydrogen) atoms. The molecule has 0 saturated carbocycles. The minimum Gasteiger partial charge on any atom is -0.441 e. The van der Waals surface area contributed by atoms with E-state index in [1.807, 2.05) is 12.1 Å². The number of hydrogen-bond acceptors (Lipinski definition) is 6. The van der Waals surface area contributed by atoms with Crippen LogP contribution in [0.5, 0.6) is 0 Å². The average molecular weight is 346 g/mol. The first-order valence-corrected chi connectivity index (χ1v) is 8.26. The third-order valence-electron chi connectivity index (χ3n) is 4.43. The van der Waals surface area contributed by atoms with E-state index >= 15 is 0 Å². The maximum absolute atomic E-state index is 12.9. The molecule has 0 aliphatic carbocycles. The van der Waals surface area contributed by atoms with E-state index in [1.54, 1.807) is 46.5 Å². The summed E-state index contributed by atoms with van der Waals surface area (Å²) in [5, 5.41) is 4.19. The van der Waals surface area contributed by atoms with Crippen molar-refractivity contribution in [1.82, 2.24) is 29.5 Å². The van der Waals surface area contributed by atoms with Gasteiger partial charge in [0.25, 0.3) is 5.91 Å². The van der Waals surface area contributed by atoms with Crippen molar-refractivity contribution in [3.8, 4) is 11.5 Å². The molecule has 0 N–H and O–H groups in total. The SMILES string of the molecule is O=C(c1cnn2cccnc12)N1CCc2oc(-c3cccnc3)nc2C1. The zero-order valence-corrected chi connectivity index (χ0v) is 13.7. The lowest BCUT2D eigenvalue weighted by Gasteiger charge is -2.24. The maximum atomic E-state index is 12.9. The van der Waals surface area contributed by atoms with Crippen LogP contribution in [0, 0.1) is 0 Å². The third kappa shape index (κ3) is 2.34. The van der Waals surface area contributed by atoms with E-state index in [4.69, 9.17) is 4.42 Å². The number of amides is 1. The van der Waals surface area contributed by atoms with Crippen LogP contribution in [0.3, 0.4) is 0 Å². The highest BCUT2D eigenvalue weighted by atomic mass is 16.4. The molecule has 1 aliphatic heterocycles. The quantitative estimate of drug-likeness (QED) is 0.551. The Bertz CT molecular complexity index is 1100. The Kier molecular flexibility index (Phi) is 3.27. The molecule has 0 radical (unpaired) electrons. The number of oxazole rings is 1. The molecular formula is C18H14N6O2. The van der Waals surface area contributed by atoms with Gasteiger partial charge in [-0.25, -0.2) is 14.5 Å². The fourth-order valence-corrected chi connectivity index (χ4v) is 3.13. The van der Waals surface area contributed by atoms with Crippen molar-refractivity contribution in [3.63, 3.8) is 0 Å². The summed E-state index contributed by atoms with van der Waals surface area (Å²) in [6.07, 6.45) is 9.03. The second kappa shape index (κ2) is 5.76. The van der Waals surface area contributed by atoms with Gasteiger partial charge in [0, 0.05) is 37.8 Å². The molecule has 0 bridgehead atoms. The van der Waals surface area contributed by atoms with Crippen molar-refractivity contribution in [2.75, 3.05) is 6.54 Å². The molecule has 1 aliphatic rings. The van der Waals surface area contributed by atoms with Crippen LogP contribution in [-0.4, -0.2) is 41.9 Å². The van der Waals surface area contributed by atoms with Crippen molar-refractivity contribution < 1.29 is 9.21 Å². The van der Waals surface area contributed by atoms with E-state index in [0.29, 0.717) is 36.6 Å². The molecule has 1 amide bonds. The van der Waals surface area contributed by atoms with Crippen LogP contribution in [0.25, 0.3) is 17.1 Å². The van der Waals surface area contributed by atoms with E-state index in [-0.39, 0.29) is 5.91 Å². The fraction of sp³-hybridized carbons (Fsp3) is 0.167. The first-order chi connectivity index (χ1) is 12.8. The highest BCUT2D eigenvalue weighted by Crippen LogP contribution is 2.26. The van der Waals surface area contributed by atoms with Gasteiger partial charge in [-0.05, 0) is 18.2 Å². The van der Waals surface area contributed by atoms with E-state index in [2.05, 4.69) is 20.1 Å². The van der Waals surface area contributed by atoms with Gasteiger partial charge in [0.15, 0.2) is 5.65 Å². The lowest BCUT2D eigenvalue weighted by atomic mass is 10.1. The van der Waals surface area contributed by atoms with Gasteiger partial charge in [0.05, 0.1) is 18.3 Å². The lowest BCUT2D eigenvalue weighted by molar-refractivity contribution is 0.0729. The summed E-state index contributed by atoms with van der Waals surface area (Å²) >= 11 is 0. The number of fused-ring (bicyclic) bond motifs is 2. The Morgan fingerprint density at radius 2 is 2.15 bits per heavy atom. The van der Waals surface area contributed by atoms with Crippen LogP contribution in [0.1, 0.15) is 21.8 Å². The van der Waals surface area contributed by atoms with Crippen LogP contribution in [0.15, 0.2) is 53.6 Å². The number of aromatic nitrogens is 5. The minimum absolute atomic E-state index is 0.102. The summed E-state index contributed by atoms with van der Waals surface area (Å²) in [5.41, 5.74) is 2.66. The van der Waals surface area contributed by atoms with Crippen molar-refractivity contribution in [2.45, 2.75) is 13.0 Å². The Labute approximate surface area is 148 Å². The summed E-state index contributed by atoms with van der Waals surface area (Å²) in [6, 6.07) is 5.52. The molecule has 8 heteroatoms. The van der Waals surface area contributed by atoms with Crippen LogP contribution in [0.2, 0.25) is 0 Å². The number of nitrogens with zero attached hydrogens (tertiary/aromatic N) is 6. The van der Waals surface area contributed by atoms with E-state index in [0.717, 1.165) is 17.0 Å². The maximum Gasteiger partial charge on any atom is 0.259 e. The largest absolute Gasteiger partial charge is 0.441 e. The molecule has 5 rings (SSSR count). The number of pyridine rings is 1. The number of carbonyl (C=O) groups excluding carboxylic acids is 1. The highest BCUT2D eigenvalue weighted by Gasteiger charge is 2.28. The molecule has 0 fully saturated rings. The molecule has 0 atom stereocenters. The molecule has 128 valence electrons. The van der Waals surface area contributed by atoms with E-state index < -0.39 is 0 Å². The second-order valence-electron chi connectivity index (χ2n) is 6.05. The second-order valence-corrected chi connectivity index (χ2v) is 6.05. The zero-order valence-electron chi connectivity index (χ0n) is 13.7. The highest BCUT2D eigenvalue weighted by molar-refractivity contribution is 5.99. The molecule has 4 aromatic heterocycles. The predicted octanol–water partition coefficient (Wildman–Crippen LogP) is 1.98. The van der Waals surface area contributed by atoms with Gasteiger partial charge in [0.1, 0.15) is 17.0 Å². The number of rotatable bonds is 2. The summed E-state index contributed by atoms with van der Waals surface area (Å²) in [7, 11) is 0. The Balaban J connectivity index is 1.44. The van der Waals surface area contributed by atoms with Crippen molar-refractivity contribution in [3.05, 3.63) is 66.2 Å². The average Bonchev–Trinajstić information content (AvgIpc) is 3.32. The standard InChI is InChI=1S/C18H14N6O2/c25-18(13-10-21-24-7-2-6-20-16(13)24)23-8-4-15-14(11-23)22-17(26-15)12-3-1-5-19-9-12/h1-3,5-7,9-10H,4,8,11H2. The Morgan fingerprint density at radius 3 is 3.04 bits per heavy atom. The van der Waals surface area contributed by atoms with Crippen LogP contribution >= 0.6 is 0 Å². The Hall–Kier alpha value is -3.55. The molecular weight excluding hydrogens is 332 g/mol. The van der Waals surface area contributed by atoms with Gasteiger partial charge in [-0.2, -0.15) is 5.10 Å². The van der Waals surface area contributed by atoms with Gasteiger partial charge < -0.3 is 9.32 Å². The first kappa shape index (κ1) is 14.8. The van der Waals surface area contributed by atoms with Crippen LogP contribution in [0.4, 0.5) is 0 Å². The van der Waals surface area contributed by atoms with Gasteiger partial charge in [-0.3, -0.25) is 9.78 Å². The lowest BCUT2D eigenvalue weighted by Crippen LogP contribution is -2.35. The van der Waals surface area contributed by atoms with Gasteiger partial charge in [-0.15, -0.1) is 0 Å². The topological polar surface area (TPSA) is 89.4 Å². The summed E-state index contributed by atoms with van der Waals surface area (Å²) in [5.74, 6) is 1.26. The first-order valence-electron chi connectivity index (χ1n) is 8.26. The van der Waals surface area contributed by atoms with Gasteiger partial charge in [-0.1, -0.05) is 0 Å². The van der Waals surface area contributed by atoms with Gasteiger partial charge >= 0.3 is 0 Å². The third-order valence-corrected chi connectivity index (χ3v) is 4.43. The molecule has 0 spiro atoms. The molecule has 0 saturated heterocycles. The van der Waals surface area contributed by atoms with Crippen molar-refractivity contribution in [2.24, 2.45) is 0 Å². The van der Waals surface area contributed by atoms with Gasteiger partial charge in [0.2, 0.25) is 5.89 Å². The van der Waals surface area contributed by atoms with Crippen LogP contribution in [-0.2, 0) is 13.0 Å². The van der Waals surface area contributed by atoms with Crippen LogP contribution < -0.4 is 0 Å². The summed E-state index contributed by atoms with van der Waals surface area (Å²) in [4.78, 5) is 27.6. The Morgan fingerprint density at radius 1 is 1.19 bits per heavy atom. The summed E-state index contributed by atoms with van der Waals surface area (Å²) in [6.45, 7) is 0.972. The van der Waals surface area contributed by atoms with E-state index in [9.17, 15) is 4.79 Å². The minimum atomic E-state index is -0.102. The van der Waals surface area contributed by atoms with Crippen molar-refractivity contribution >= 4 is 11.6 Å². The normalized spacial score (nSPS) is 13.8. The molecule has 0 aromatic carbocycles. The number of carbonyl (C=O) groups is 1. The smallest absolute Gasteiger partial charge is 0.259 e. The fourth-order valence-electron chi connectivity index (χ4n) is 3.13. The van der Waals surface area contributed by atoms with E-state index in [1.165, 1.54) is 0 Å². The monoisotopic (exact) mass is 346 g/mol. The molecule has 5 heterocycles. The molecule has 4 aromatic rings. The zero-order chi connectivity index (χ0) is 17.5. The predicted molar refractivity (Wildman–Crippen MR) is 91.2 cm³/mol. The molecule has 0 unspecified atom stereocenters. The van der Waals surface area contributed by atoms with Crippen molar-refractivity contribution in [1.29, 1.82) is 0 Å². The summed E-state index contributed by atoms with van der Waals surface area (Å²) < 4.78 is 7.46. The number of hydrogen-bond donors (Lipinski definition) is 0. The molecule has 8 nitrogen and oxygen atoms in total.